The maximum atomic E-state index is 14.1. The smallest absolute Gasteiger partial charge is 0.245 e. The minimum Gasteiger partial charge on any atom is -0.344 e. The number of hydrogen-bond donors (Lipinski definition) is 2. The molecule has 0 spiro atoms. The molecule has 3 aliphatic rings. The molecule has 2 aromatic rings. The molecular weight excluding hydrogens is 610 g/mol. The average Bonchev–Trinajstić information content (AvgIpc) is 3.07. The van der Waals surface area contributed by atoms with E-state index in [-0.39, 0.29) is 36.1 Å². The van der Waals surface area contributed by atoms with Crippen LogP contribution in [0, 0.1) is 11.8 Å². The SMILES string of the molecule is CC(C)CN(C1CCN(C(=O)C(C)C)CC1)C1CCN(C(=O)C(Cc2ccc(Cl)cc2)NC(=O)CC2NCCc3ccccc32)CC1. The molecule has 3 aliphatic heterocycles. The van der Waals surface area contributed by atoms with Gasteiger partial charge in [-0.2, -0.15) is 0 Å². The first kappa shape index (κ1) is 35.4. The Morgan fingerprint density at radius 1 is 0.872 bits per heavy atom. The van der Waals surface area contributed by atoms with Gasteiger partial charge in [-0.15, -0.1) is 0 Å². The van der Waals surface area contributed by atoms with Gasteiger partial charge in [0.05, 0.1) is 0 Å². The van der Waals surface area contributed by atoms with E-state index in [0.717, 1.165) is 63.8 Å². The van der Waals surface area contributed by atoms with Gasteiger partial charge in [-0.1, -0.05) is 75.7 Å². The van der Waals surface area contributed by atoms with Crippen molar-refractivity contribution in [2.45, 2.75) is 96.8 Å². The van der Waals surface area contributed by atoms with Crippen LogP contribution >= 0.6 is 11.6 Å². The van der Waals surface area contributed by atoms with Crippen molar-refractivity contribution in [1.29, 1.82) is 0 Å². The van der Waals surface area contributed by atoms with E-state index < -0.39 is 6.04 Å². The van der Waals surface area contributed by atoms with E-state index in [1.807, 2.05) is 60.0 Å². The molecule has 2 atom stereocenters. The fraction of sp³-hybridized carbons (Fsp3) is 0.605. The van der Waals surface area contributed by atoms with Crippen LogP contribution in [0.3, 0.4) is 0 Å². The second-order valence-corrected chi connectivity index (χ2v) is 14.9. The molecule has 47 heavy (non-hydrogen) atoms. The lowest BCUT2D eigenvalue weighted by molar-refractivity contribution is -0.138. The predicted molar refractivity (Wildman–Crippen MR) is 188 cm³/mol. The van der Waals surface area contributed by atoms with Gasteiger partial charge in [0.2, 0.25) is 17.7 Å². The topological polar surface area (TPSA) is 85.0 Å². The third kappa shape index (κ3) is 9.36. The van der Waals surface area contributed by atoms with Crippen molar-refractivity contribution in [2.24, 2.45) is 11.8 Å². The molecule has 0 aromatic heterocycles. The van der Waals surface area contributed by atoms with E-state index in [1.165, 1.54) is 11.1 Å². The van der Waals surface area contributed by atoms with Gasteiger partial charge in [-0.25, -0.2) is 0 Å². The number of nitrogens with one attached hydrogen (secondary N) is 2. The van der Waals surface area contributed by atoms with Gasteiger partial charge in [0.1, 0.15) is 6.04 Å². The van der Waals surface area contributed by atoms with Crippen molar-refractivity contribution in [3.05, 3.63) is 70.2 Å². The van der Waals surface area contributed by atoms with Crippen LogP contribution < -0.4 is 10.6 Å². The number of nitrogens with zero attached hydrogens (tertiary/aromatic N) is 3. The van der Waals surface area contributed by atoms with Gasteiger partial charge in [0, 0.05) is 74.6 Å². The highest BCUT2D eigenvalue weighted by Gasteiger charge is 2.36. The van der Waals surface area contributed by atoms with Gasteiger partial charge in [-0.3, -0.25) is 19.3 Å². The highest BCUT2D eigenvalue weighted by molar-refractivity contribution is 6.30. The fourth-order valence-corrected chi connectivity index (χ4v) is 7.84. The van der Waals surface area contributed by atoms with E-state index in [0.29, 0.717) is 42.5 Å². The highest BCUT2D eigenvalue weighted by atomic mass is 35.5. The molecule has 2 saturated heterocycles. The Balaban J connectivity index is 1.23. The number of hydrogen-bond acceptors (Lipinski definition) is 5. The molecular formula is C38H54ClN5O3. The number of carbonyl (C=O) groups is 3. The van der Waals surface area contributed by atoms with Crippen LogP contribution in [0.1, 0.15) is 82.5 Å². The lowest BCUT2D eigenvalue weighted by Gasteiger charge is -2.46. The average molecular weight is 664 g/mol. The Morgan fingerprint density at radius 3 is 2.06 bits per heavy atom. The van der Waals surface area contributed by atoms with Crippen LogP contribution in [0.4, 0.5) is 0 Å². The fourth-order valence-electron chi connectivity index (χ4n) is 7.71. The summed E-state index contributed by atoms with van der Waals surface area (Å²) in [6.45, 7) is 13.3. The molecule has 256 valence electrons. The highest BCUT2D eigenvalue weighted by Crippen LogP contribution is 2.28. The van der Waals surface area contributed by atoms with Crippen molar-refractivity contribution in [3.63, 3.8) is 0 Å². The van der Waals surface area contributed by atoms with Crippen molar-refractivity contribution in [3.8, 4) is 0 Å². The van der Waals surface area contributed by atoms with Crippen LogP contribution in [0.15, 0.2) is 48.5 Å². The molecule has 5 rings (SSSR count). The van der Waals surface area contributed by atoms with Crippen molar-refractivity contribution in [1.82, 2.24) is 25.3 Å². The van der Waals surface area contributed by atoms with Crippen LogP contribution in [-0.4, -0.2) is 89.8 Å². The Morgan fingerprint density at radius 2 is 1.47 bits per heavy atom. The summed E-state index contributed by atoms with van der Waals surface area (Å²) in [5.41, 5.74) is 3.41. The van der Waals surface area contributed by atoms with Gasteiger partial charge >= 0.3 is 0 Å². The monoisotopic (exact) mass is 663 g/mol. The largest absolute Gasteiger partial charge is 0.344 e. The predicted octanol–water partition coefficient (Wildman–Crippen LogP) is 5.24. The summed E-state index contributed by atoms with van der Waals surface area (Å²) in [5, 5.41) is 7.29. The summed E-state index contributed by atoms with van der Waals surface area (Å²) in [5.74, 6) is 0.695. The number of fused-ring (bicyclic) bond motifs is 1. The van der Waals surface area contributed by atoms with Gasteiger partial charge in [0.15, 0.2) is 0 Å². The molecule has 2 aromatic carbocycles. The number of benzene rings is 2. The van der Waals surface area contributed by atoms with Gasteiger partial charge in [0.25, 0.3) is 0 Å². The second-order valence-electron chi connectivity index (χ2n) is 14.5. The Labute approximate surface area is 286 Å². The van der Waals surface area contributed by atoms with E-state index >= 15 is 0 Å². The third-order valence-corrected chi connectivity index (χ3v) is 10.4. The third-order valence-electron chi connectivity index (χ3n) is 10.2. The first-order chi connectivity index (χ1) is 22.6. The molecule has 2 N–H and O–H groups in total. The molecule has 3 amide bonds. The van der Waals surface area contributed by atoms with Crippen molar-refractivity contribution >= 4 is 29.3 Å². The van der Waals surface area contributed by atoms with Gasteiger partial charge in [-0.05, 0) is 73.4 Å². The van der Waals surface area contributed by atoms with Crippen LogP contribution in [-0.2, 0) is 27.2 Å². The summed E-state index contributed by atoms with van der Waals surface area (Å²) in [7, 11) is 0. The summed E-state index contributed by atoms with van der Waals surface area (Å²) in [6.07, 6.45) is 5.48. The lowest BCUT2D eigenvalue weighted by Crippen LogP contribution is -2.57. The van der Waals surface area contributed by atoms with Crippen LogP contribution in [0.2, 0.25) is 5.02 Å². The molecule has 2 unspecified atom stereocenters. The number of rotatable bonds is 11. The molecule has 8 nitrogen and oxygen atoms in total. The number of likely N-dealkylation sites (tertiary alicyclic amines) is 2. The van der Waals surface area contributed by atoms with E-state index in [2.05, 4.69) is 41.5 Å². The van der Waals surface area contributed by atoms with E-state index in [9.17, 15) is 14.4 Å². The zero-order chi connectivity index (χ0) is 33.5. The van der Waals surface area contributed by atoms with Gasteiger partial charge < -0.3 is 20.4 Å². The normalized spacial score (nSPS) is 20.0. The zero-order valence-corrected chi connectivity index (χ0v) is 29.5. The number of halogens is 1. The number of amides is 3. The second kappa shape index (κ2) is 16.4. The molecule has 0 radical (unpaired) electrons. The van der Waals surface area contributed by atoms with Crippen molar-refractivity contribution in [2.75, 3.05) is 39.3 Å². The quantitative estimate of drug-likeness (QED) is 0.344. The summed E-state index contributed by atoms with van der Waals surface area (Å²) in [6, 6.07) is 16.0. The molecule has 0 aliphatic carbocycles. The molecule has 3 heterocycles. The van der Waals surface area contributed by atoms with Crippen LogP contribution in [0.5, 0.6) is 0 Å². The molecule has 9 heteroatoms. The van der Waals surface area contributed by atoms with E-state index in [1.54, 1.807) is 0 Å². The number of carbonyl (C=O) groups excluding carboxylic acids is 3. The Bertz CT molecular complexity index is 1350. The Kier molecular flexibility index (Phi) is 12.4. The minimum atomic E-state index is -0.645. The maximum absolute atomic E-state index is 14.1. The van der Waals surface area contributed by atoms with Crippen LogP contribution in [0.25, 0.3) is 0 Å². The van der Waals surface area contributed by atoms with E-state index in [4.69, 9.17) is 11.6 Å². The summed E-state index contributed by atoms with van der Waals surface area (Å²) < 4.78 is 0. The first-order valence-electron chi connectivity index (χ1n) is 17.8. The molecule has 0 saturated carbocycles. The number of piperidine rings is 2. The lowest BCUT2D eigenvalue weighted by atomic mass is 9.92. The molecule has 2 fully saturated rings. The van der Waals surface area contributed by atoms with Crippen molar-refractivity contribution < 1.29 is 14.4 Å². The minimum absolute atomic E-state index is 0.0142. The Hall–Kier alpha value is -2.94. The summed E-state index contributed by atoms with van der Waals surface area (Å²) >= 11 is 6.15. The standard InChI is InChI=1S/C38H54ClN5O3/c1-26(2)25-44(31-14-19-42(20-15-31)37(46)27(3)4)32-16-21-43(22-17-32)38(47)35(23-28-9-11-30(39)12-10-28)41-36(45)24-34-33-8-6-5-7-29(33)13-18-40-34/h5-12,26-27,31-32,34-35,40H,13-25H2,1-4H3,(H,41,45). The summed E-state index contributed by atoms with van der Waals surface area (Å²) in [4.78, 5) is 46.9. The maximum Gasteiger partial charge on any atom is 0.245 e. The zero-order valence-electron chi connectivity index (χ0n) is 28.7. The first-order valence-corrected chi connectivity index (χ1v) is 18.1. The molecule has 0 bridgehead atoms.